The van der Waals surface area contributed by atoms with Crippen LogP contribution in [-0.2, 0) is 4.79 Å². The molecule has 0 aliphatic rings. The first-order valence-electron chi connectivity index (χ1n) is 3.94. The quantitative estimate of drug-likeness (QED) is 0.830. The van der Waals surface area contributed by atoms with Crippen molar-refractivity contribution in [3.63, 3.8) is 0 Å². The summed E-state index contributed by atoms with van der Waals surface area (Å²) in [6, 6.07) is 5.50. The Bertz CT molecular complexity index is 314. The molecule has 70 valence electrons. The molecule has 1 unspecified atom stereocenters. The molecule has 0 amide bonds. The Hall–Kier alpha value is -0.900. The van der Waals surface area contributed by atoms with Crippen molar-refractivity contribution in [2.75, 3.05) is 0 Å². The molecule has 0 fully saturated rings. The summed E-state index contributed by atoms with van der Waals surface area (Å²) in [4.78, 5) is 14.6. The predicted octanol–water partition coefficient (Wildman–Crippen LogP) is 2.42. The van der Waals surface area contributed by atoms with Crippen molar-refractivity contribution in [2.45, 2.75) is 19.3 Å². The van der Waals surface area contributed by atoms with E-state index in [1.54, 1.807) is 0 Å². The second-order valence-corrected chi connectivity index (χ2v) is 3.70. The molecule has 1 atom stereocenters. The van der Waals surface area contributed by atoms with Gasteiger partial charge in [-0.2, -0.15) is 0 Å². The largest absolute Gasteiger partial charge is 0.481 e. The fourth-order valence-electron chi connectivity index (χ4n) is 1.06. The van der Waals surface area contributed by atoms with E-state index in [-0.39, 0.29) is 12.3 Å². The first-order chi connectivity index (χ1) is 6.09. The van der Waals surface area contributed by atoms with Gasteiger partial charge in [0.05, 0.1) is 6.42 Å². The van der Waals surface area contributed by atoms with E-state index in [1.165, 1.54) is 0 Å². The Morgan fingerprint density at radius 3 is 2.92 bits per heavy atom. The lowest BCUT2D eigenvalue weighted by Gasteiger charge is -2.07. The van der Waals surface area contributed by atoms with Gasteiger partial charge in [0.25, 0.3) is 0 Å². The van der Waals surface area contributed by atoms with Crippen LogP contribution in [0.15, 0.2) is 22.8 Å². The molecule has 1 aromatic rings. The second-order valence-electron chi connectivity index (χ2n) is 2.88. The van der Waals surface area contributed by atoms with Gasteiger partial charge < -0.3 is 5.11 Å². The highest BCUT2D eigenvalue weighted by molar-refractivity contribution is 9.10. The van der Waals surface area contributed by atoms with Crippen LogP contribution in [0, 0.1) is 0 Å². The van der Waals surface area contributed by atoms with E-state index >= 15 is 0 Å². The zero-order chi connectivity index (χ0) is 9.84. The first-order valence-corrected chi connectivity index (χ1v) is 4.73. The lowest BCUT2D eigenvalue weighted by Crippen LogP contribution is -2.04. The number of halogens is 1. The molecule has 0 saturated heterocycles. The molecule has 1 N–H and O–H groups in total. The topological polar surface area (TPSA) is 50.2 Å². The molecule has 0 radical (unpaired) electrons. The molecule has 13 heavy (non-hydrogen) atoms. The molecular formula is C9H10BrNO2. The van der Waals surface area contributed by atoms with E-state index in [0.717, 1.165) is 10.3 Å². The minimum absolute atomic E-state index is 0.0463. The minimum atomic E-state index is -0.797. The van der Waals surface area contributed by atoms with Crippen molar-refractivity contribution in [1.82, 2.24) is 4.98 Å². The van der Waals surface area contributed by atoms with Gasteiger partial charge in [-0.3, -0.25) is 4.79 Å². The van der Waals surface area contributed by atoms with E-state index in [1.807, 2.05) is 25.1 Å². The zero-order valence-corrected chi connectivity index (χ0v) is 8.78. The van der Waals surface area contributed by atoms with E-state index in [2.05, 4.69) is 20.9 Å². The molecule has 1 aromatic heterocycles. The third-order valence-corrected chi connectivity index (χ3v) is 2.16. The van der Waals surface area contributed by atoms with Crippen LogP contribution < -0.4 is 0 Å². The monoisotopic (exact) mass is 243 g/mol. The summed E-state index contributed by atoms with van der Waals surface area (Å²) in [5, 5.41) is 8.58. The van der Waals surface area contributed by atoms with Crippen LogP contribution >= 0.6 is 15.9 Å². The highest BCUT2D eigenvalue weighted by Gasteiger charge is 2.11. The normalized spacial score (nSPS) is 12.5. The maximum atomic E-state index is 10.4. The molecule has 0 saturated carbocycles. The summed E-state index contributed by atoms with van der Waals surface area (Å²) in [7, 11) is 0. The fraction of sp³-hybridized carbons (Fsp3) is 0.333. The number of hydrogen-bond acceptors (Lipinski definition) is 2. The van der Waals surface area contributed by atoms with Gasteiger partial charge in [-0.15, -0.1) is 0 Å². The molecule has 1 rings (SSSR count). The average Bonchev–Trinajstić information content (AvgIpc) is 2.03. The highest BCUT2D eigenvalue weighted by atomic mass is 79.9. The van der Waals surface area contributed by atoms with Gasteiger partial charge in [0.2, 0.25) is 0 Å². The molecule has 0 bridgehead atoms. The lowest BCUT2D eigenvalue weighted by molar-refractivity contribution is -0.137. The molecule has 0 aliphatic carbocycles. The molecule has 0 spiro atoms. The van der Waals surface area contributed by atoms with Crippen LogP contribution in [-0.4, -0.2) is 16.1 Å². The van der Waals surface area contributed by atoms with Gasteiger partial charge in [-0.25, -0.2) is 4.98 Å². The van der Waals surface area contributed by atoms with Crippen molar-refractivity contribution < 1.29 is 9.90 Å². The Morgan fingerprint density at radius 2 is 2.38 bits per heavy atom. The predicted molar refractivity (Wildman–Crippen MR) is 52.6 cm³/mol. The van der Waals surface area contributed by atoms with E-state index in [4.69, 9.17) is 5.11 Å². The molecule has 1 heterocycles. The minimum Gasteiger partial charge on any atom is -0.481 e. The van der Waals surface area contributed by atoms with E-state index in [0.29, 0.717) is 0 Å². The number of pyridine rings is 1. The number of nitrogens with zero attached hydrogens (tertiary/aromatic N) is 1. The number of aromatic nitrogens is 1. The Kier molecular flexibility index (Phi) is 3.42. The average molecular weight is 244 g/mol. The van der Waals surface area contributed by atoms with Crippen LogP contribution in [0.5, 0.6) is 0 Å². The summed E-state index contributed by atoms with van der Waals surface area (Å²) in [6.45, 7) is 1.85. The maximum absolute atomic E-state index is 10.4. The molecule has 0 aromatic carbocycles. The first kappa shape index (κ1) is 10.2. The summed E-state index contributed by atoms with van der Waals surface area (Å²) in [5.41, 5.74) is 0.803. The number of rotatable bonds is 3. The summed E-state index contributed by atoms with van der Waals surface area (Å²) < 4.78 is 0.738. The van der Waals surface area contributed by atoms with Crippen LogP contribution in [0.2, 0.25) is 0 Å². The zero-order valence-electron chi connectivity index (χ0n) is 7.20. The summed E-state index contributed by atoms with van der Waals surface area (Å²) >= 11 is 3.24. The highest BCUT2D eigenvalue weighted by Crippen LogP contribution is 2.18. The number of hydrogen-bond donors (Lipinski definition) is 1. The van der Waals surface area contributed by atoms with Crippen molar-refractivity contribution in [2.24, 2.45) is 0 Å². The van der Waals surface area contributed by atoms with Gasteiger partial charge in [-0.1, -0.05) is 13.0 Å². The van der Waals surface area contributed by atoms with Gasteiger partial charge in [-0.05, 0) is 28.1 Å². The van der Waals surface area contributed by atoms with Crippen molar-refractivity contribution in [3.8, 4) is 0 Å². The van der Waals surface area contributed by atoms with E-state index < -0.39 is 5.97 Å². The standard InChI is InChI=1S/C9H10BrNO2/c1-6(5-9(12)13)7-3-2-4-8(10)11-7/h2-4,6H,5H2,1H3,(H,12,13). The number of carboxylic acids is 1. The van der Waals surface area contributed by atoms with Gasteiger partial charge in [0, 0.05) is 11.6 Å². The van der Waals surface area contributed by atoms with Crippen LogP contribution in [0.4, 0.5) is 0 Å². The summed E-state index contributed by atoms with van der Waals surface area (Å²) in [5.74, 6) is -0.843. The lowest BCUT2D eigenvalue weighted by atomic mass is 10.0. The molecular weight excluding hydrogens is 234 g/mol. The Morgan fingerprint density at radius 1 is 1.69 bits per heavy atom. The van der Waals surface area contributed by atoms with Gasteiger partial charge in [0.15, 0.2) is 0 Å². The fourth-order valence-corrected chi connectivity index (χ4v) is 1.42. The second kappa shape index (κ2) is 4.37. The molecule has 3 nitrogen and oxygen atoms in total. The Balaban J connectivity index is 2.76. The van der Waals surface area contributed by atoms with Gasteiger partial charge in [0.1, 0.15) is 4.60 Å². The maximum Gasteiger partial charge on any atom is 0.304 e. The molecule has 0 aliphatic heterocycles. The van der Waals surface area contributed by atoms with Crippen LogP contribution in [0.3, 0.4) is 0 Å². The third kappa shape index (κ3) is 3.14. The van der Waals surface area contributed by atoms with Gasteiger partial charge >= 0.3 is 5.97 Å². The molecule has 4 heteroatoms. The summed E-state index contributed by atoms with van der Waals surface area (Å²) in [6.07, 6.45) is 0.115. The number of carboxylic acid groups (broad SMARTS) is 1. The SMILES string of the molecule is CC(CC(=O)O)c1cccc(Br)n1. The van der Waals surface area contributed by atoms with Crippen LogP contribution in [0.1, 0.15) is 25.0 Å². The number of carbonyl (C=O) groups is 1. The Labute approximate surface area is 84.9 Å². The number of aliphatic carboxylic acids is 1. The smallest absolute Gasteiger partial charge is 0.304 e. The van der Waals surface area contributed by atoms with Crippen molar-refractivity contribution in [1.29, 1.82) is 0 Å². The van der Waals surface area contributed by atoms with E-state index in [9.17, 15) is 4.79 Å². The van der Waals surface area contributed by atoms with Crippen LogP contribution in [0.25, 0.3) is 0 Å². The van der Waals surface area contributed by atoms with Crippen molar-refractivity contribution >= 4 is 21.9 Å². The third-order valence-electron chi connectivity index (χ3n) is 1.72. The van der Waals surface area contributed by atoms with Crippen molar-refractivity contribution in [3.05, 3.63) is 28.5 Å².